The van der Waals surface area contributed by atoms with Gasteiger partial charge in [0, 0.05) is 43.3 Å². The second-order valence-corrected chi connectivity index (χ2v) is 7.56. The Morgan fingerprint density at radius 3 is 2.59 bits per heavy atom. The van der Waals surface area contributed by atoms with E-state index in [1.165, 1.54) is 30.6 Å². The predicted molar refractivity (Wildman–Crippen MR) is 114 cm³/mol. The molecule has 144 valence electrons. The van der Waals surface area contributed by atoms with Gasteiger partial charge in [0.1, 0.15) is 0 Å². The number of fused-ring (bicyclic) bond motifs is 3. The van der Waals surface area contributed by atoms with Gasteiger partial charge < -0.3 is 4.90 Å². The van der Waals surface area contributed by atoms with E-state index in [1.54, 1.807) is 0 Å². The van der Waals surface area contributed by atoms with E-state index in [4.69, 9.17) is 0 Å². The molecular formula is C23H29ClN2O. The number of para-hydroxylation sites is 1. The number of anilines is 1. The first kappa shape index (κ1) is 19.9. The zero-order valence-electron chi connectivity index (χ0n) is 15.8. The molecule has 2 aliphatic rings. The quantitative estimate of drug-likeness (QED) is 0.537. The largest absolute Gasteiger partial charge is 0.366 e. The molecule has 2 aliphatic heterocycles. The van der Waals surface area contributed by atoms with E-state index < -0.39 is 0 Å². The average molecular weight is 385 g/mol. The molecule has 2 aromatic carbocycles. The van der Waals surface area contributed by atoms with Gasteiger partial charge in [-0.15, -0.1) is 12.4 Å². The van der Waals surface area contributed by atoms with E-state index in [1.807, 2.05) is 30.3 Å². The van der Waals surface area contributed by atoms with E-state index in [-0.39, 0.29) is 18.2 Å². The molecular weight excluding hydrogens is 356 g/mol. The number of unbranched alkanes of at least 4 members (excludes halogenated alkanes) is 1. The van der Waals surface area contributed by atoms with Gasteiger partial charge in [-0.3, -0.25) is 9.69 Å². The normalized spacial score (nSPS) is 19.0. The van der Waals surface area contributed by atoms with Gasteiger partial charge in [0.2, 0.25) is 0 Å². The topological polar surface area (TPSA) is 23.6 Å². The number of halogens is 1. The number of carbonyl (C=O) groups excluding carboxylic acids is 1. The van der Waals surface area contributed by atoms with Crippen molar-refractivity contribution in [3.8, 4) is 0 Å². The zero-order valence-corrected chi connectivity index (χ0v) is 16.7. The molecule has 1 unspecified atom stereocenters. The zero-order chi connectivity index (χ0) is 17.8. The van der Waals surface area contributed by atoms with Crippen molar-refractivity contribution in [1.82, 2.24) is 4.90 Å². The van der Waals surface area contributed by atoms with Gasteiger partial charge >= 0.3 is 0 Å². The number of hydrogen-bond acceptors (Lipinski definition) is 3. The van der Waals surface area contributed by atoms with Gasteiger partial charge in [-0.2, -0.15) is 0 Å². The molecule has 3 nitrogen and oxygen atoms in total. The van der Waals surface area contributed by atoms with Crippen molar-refractivity contribution < 1.29 is 4.79 Å². The molecule has 0 N–H and O–H groups in total. The van der Waals surface area contributed by atoms with Crippen molar-refractivity contribution in [2.45, 2.75) is 38.1 Å². The Hall–Kier alpha value is -1.84. The van der Waals surface area contributed by atoms with Gasteiger partial charge in [0.25, 0.3) is 0 Å². The number of rotatable bonds is 6. The minimum absolute atomic E-state index is 0. The van der Waals surface area contributed by atoms with Crippen molar-refractivity contribution in [2.24, 2.45) is 0 Å². The van der Waals surface area contributed by atoms with Crippen molar-refractivity contribution in [2.75, 3.05) is 31.1 Å². The molecule has 0 saturated carbocycles. The van der Waals surface area contributed by atoms with Gasteiger partial charge in [0.05, 0.1) is 0 Å². The van der Waals surface area contributed by atoms with Gasteiger partial charge in [-0.25, -0.2) is 0 Å². The second kappa shape index (κ2) is 9.38. The summed E-state index contributed by atoms with van der Waals surface area (Å²) in [6.07, 6.45) is 5.24. The third-order valence-corrected chi connectivity index (χ3v) is 5.84. The van der Waals surface area contributed by atoms with E-state index in [9.17, 15) is 4.79 Å². The van der Waals surface area contributed by atoms with Crippen LogP contribution in [0.2, 0.25) is 0 Å². The van der Waals surface area contributed by atoms with Crippen LogP contribution in [0.3, 0.4) is 0 Å². The highest BCUT2D eigenvalue weighted by Gasteiger charge is 2.30. The molecule has 27 heavy (non-hydrogen) atoms. The van der Waals surface area contributed by atoms with Crippen LogP contribution >= 0.6 is 12.4 Å². The van der Waals surface area contributed by atoms with Crippen LogP contribution in [0.1, 0.15) is 41.6 Å². The number of hydrogen-bond donors (Lipinski definition) is 0. The first-order valence-corrected chi connectivity index (χ1v) is 9.96. The molecule has 4 rings (SSSR count). The van der Waals surface area contributed by atoms with E-state index in [2.05, 4.69) is 34.1 Å². The summed E-state index contributed by atoms with van der Waals surface area (Å²) in [7, 11) is 0. The molecule has 1 fully saturated rings. The Balaban J connectivity index is 0.00000210. The fraction of sp³-hybridized carbons (Fsp3) is 0.435. The Kier molecular flexibility index (Phi) is 6.92. The summed E-state index contributed by atoms with van der Waals surface area (Å²) in [6, 6.07) is 19.2. The smallest absolute Gasteiger partial charge is 0.162 e. The minimum atomic E-state index is 0. The van der Waals surface area contributed by atoms with Gasteiger partial charge in [-0.1, -0.05) is 48.5 Å². The van der Waals surface area contributed by atoms with Crippen molar-refractivity contribution in [3.63, 3.8) is 0 Å². The number of carbonyl (C=O) groups is 1. The summed E-state index contributed by atoms with van der Waals surface area (Å²) in [5, 5.41) is 0. The Bertz CT molecular complexity index is 749. The first-order valence-electron chi connectivity index (χ1n) is 9.96. The molecule has 1 atom stereocenters. The number of aryl methyl sites for hydroxylation is 1. The van der Waals surface area contributed by atoms with E-state index in [0.29, 0.717) is 12.5 Å². The summed E-state index contributed by atoms with van der Waals surface area (Å²) >= 11 is 0. The maximum absolute atomic E-state index is 12.2. The lowest BCUT2D eigenvalue weighted by atomic mass is 9.94. The van der Waals surface area contributed by atoms with Crippen LogP contribution in [0.15, 0.2) is 54.6 Å². The summed E-state index contributed by atoms with van der Waals surface area (Å²) in [5.74, 6) is 0.277. The maximum atomic E-state index is 12.2. The molecule has 0 spiro atoms. The monoisotopic (exact) mass is 384 g/mol. The summed E-state index contributed by atoms with van der Waals surface area (Å²) in [4.78, 5) is 17.4. The van der Waals surface area contributed by atoms with E-state index >= 15 is 0 Å². The molecule has 2 aromatic rings. The van der Waals surface area contributed by atoms with Gasteiger partial charge in [0.15, 0.2) is 5.78 Å². The van der Waals surface area contributed by atoms with Crippen LogP contribution in [0.4, 0.5) is 5.69 Å². The summed E-state index contributed by atoms with van der Waals surface area (Å²) in [6.45, 7) is 4.55. The lowest BCUT2D eigenvalue weighted by molar-refractivity contribution is 0.0977. The number of benzene rings is 2. The Morgan fingerprint density at radius 1 is 0.963 bits per heavy atom. The highest BCUT2D eigenvalue weighted by atomic mass is 35.5. The molecule has 0 amide bonds. The Labute approximate surface area is 168 Å². The van der Waals surface area contributed by atoms with Crippen LogP contribution in [0, 0.1) is 0 Å². The molecule has 4 heteroatoms. The van der Waals surface area contributed by atoms with Crippen LogP contribution < -0.4 is 4.90 Å². The molecule has 2 heterocycles. The number of piperazine rings is 1. The standard InChI is InChI=1S/C23H28N2O.ClH/c26-23(20-9-2-1-3-10-20)12-6-7-15-24-16-17-25-21(18-24)14-13-19-8-4-5-11-22(19)25;/h1-5,8-11,21H,6-7,12-18H2;1H. The van der Waals surface area contributed by atoms with Crippen LogP contribution in [-0.4, -0.2) is 42.9 Å². The Morgan fingerprint density at radius 2 is 1.74 bits per heavy atom. The summed E-state index contributed by atoms with van der Waals surface area (Å²) < 4.78 is 0. The molecule has 0 aromatic heterocycles. The molecule has 1 saturated heterocycles. The van der Waals surface area contributed by atoms with Crippen LogP contribution in [0.25, 0.3) is 0 Å². The lowest BCUT2D eigenvalue weighted by Gasteiger charge is -2.46. The van der Waals surface area contributed by atoms with Gasteiger partial charge in [-0.05, 0) is 43.9 Å². The fourth-order valence-corrected chi connectivity index (χ4v) is 4.40. The first-order chi connectivity index (χ1) is 12.8. The SMILES string of the molecule is Cl.O=C(CCCCN1CCN2c3ccccc3CCC2C1)c1ccccc1. The molecule has 0 bridgehead atoms. The molecule has 0 aliphatic carbocycles. The fourth-order valence-electron chi connectivity index (χ4n) is 4.40. The number of nitrogens with zero attached hydrogens (tertiary/aromatic N) is 2. The van der Waals surface area contributed by atoms with E-state index in [0.717, 1.165) is 38.0 Å². The number of Topliss-reactive ketones (excluding diaryl/α,β-unsaturated/α-hetero) is 1. The van der Waals surface area contributed by atoms with Crippen molar-refractivity contribution in [1.29, 1.82) is 0 Å². The van der Waals surface area contributed by atoms with Crippen molar-refractivity contribution >= 4 is 23.9 Å². The average Bonchev–Trinajstić information content (AvgIpc) is 2.71. The van der Waals surface area contributed by atoms with Crippen LogP contribution in [0.5, 0.6) is 0 Å². The third kappa shape index (κ3) is 4.72. The van der Waals surface area contributed by atoms with Crippen molar-refractivity contribution in [3.05, 3.63) is 65.7 Å². The predicted octanol–water partition coefficient (Wildman–Crippen LogP) is 4.60. The van der Waals surface area contributed by atoms with Crippen LogP contribution in [-0.2, 0) is 6.42 Å². The lowest BCUT2D eigenvalue weighted by Crippen LogP contribution is -2.55. The second-order valence-electron chi connectivity index (χ2n) is 7.56. The molecule has 0 radical (unpaired) electrons. The minimum Gasteiger partial charge on any atom is -0.366 e. The number of ketones is 1. The maximum Gasteiger partial charge on any atom is 0.162 e. The highest BCUT2D eigenvalue weighted by Crippen LogP contribution is 2.32. The third-order valence-electron chi connectivity index (χ3n) is 5.84. The highest BCUT2D eigenvalue weighted by molar-refractivity contribution is 5.95. The summed E-state index contributed by atoms with van der Waals surface area (Å²) in [5.41, 5.74) is 3.82.